The van der Waals surface area contributed by atoms with Crippen LogP contribution in [0.1, 0.15) is 46.7 Å². The first-order valence-corrected chi connectivity index (χ1v) is 11.6. The summed E-state index contributed by atoms with van der Waals surface area (Å²) in [6.45, 7) is 2.81. The van der Waals surface area contributed by atoms with Crippen molar-refractivity contribution in [2.24, 2.45) is 5.73 Å². The van der Waals surface area contributed by atoms with Crippen LogP contribution in [0.2, 0.25) is 0 Å². The third-order valence-corrected chi connectivity index (χ3v) is 5.37. The van der Waals surface area contributed by atoms with Gasteiger partial charge in [0.25, 0.3) is 0 Å². The maximum atomic E-state index is 5.68. The normalized spacial score (nSPS) is 10.0. The Hall–Kier alpha value is -2.30. The highest BCUT2D eigenvalue weighted by Crippen LogP contribution is 2.17. The first-order chi connectivity index (χ1) is 14.6. The molecule has 0 aliphatic heterocycles. The largest absolute Gasteiger partial charge is 0.330 e. The molecule has 0 saturated heterocycles. The summed E-state index contributed by atoms with van der Waals surface area (Å²) in [4.78, 5) is 0. The lowest BCUT2D eigenvalue weighted by Gasteiger charge is -2.01. The quantitative estimate of drug-likeness (QED) is 0.392. The van der Waals surface area contributed by atoms with Crippen LogP contribution in [0.4, 0.5) is 0 Å². The molecule has 0 heterocycles. The Kier molecular flexibility index (Phi) is 8.35. The van der Waals surface area contributed by atoms with Crippen LogP contribution >= 0.6 is 31.9 Å². The summed E-state index contributed by atoms with van der Waals surface area (Å²) in [5.74, 6) is 13.1. The number of benzene rings is 3. The molecule has 0 fully saturated rings. The van der Waals surface area contributed by atoms with Crippen molar-refractivity contribution in [3.63, 3.8) is 0 Å². The van der Waals surface area contributed by atoms with Gasteiger partial charge in [-0.05, 0) is 85.1 Å². The molecule has 3 aromatic rings. The average molecular weight is 521 g/mol. The minimum atomic E-state index is 0.627. The number of hydrogen-bond acceptors (Lipinski definition) is 1. The highest BCUT2D eigenvalue weighted by Gasteiger charge is 1.99. The summed E-state index contributed by atoms with van der Waals surface area (Å²) < 4.78 is 2.09. The Morgan fingerprint density at radius 3 is 1.67 bits per heavy atom. The van der Waals surface area contributed by atoms with Crippen molar-refractivity contribution in [2.45, 2.75) is 26.2 Å². The zero-order valence-corrected chi connectivity index (χ0v) is 20.1. The van der Waals surface area contributed by atoms with Crippen molar-refractivity contribution < 1.29 is 0 Å². The first kappa shape index (κ1) is 22.4. The van der Waals surface area contributed by atoms with Gasteiger partial charge >= 0.3 is 0 Å². The molecule has 3 heteroatoms. The van der Waals surface area contributed by atoms with E-state index < -0.39 is 0 Å². The highest BCUT2D eigenvalue weighted by atomic mass is 79.9. The Bertz CT molecular complexity index is 1070. The summed E-state index contributed by atoms with van der Waals surface area (Å²) in [5, 5.41) is 0. The molecule has 1 nitrogen and oxygen atoms in total. The van der Waals surface area contributed by atoms with Gasteiger partial charge in [0.2, 0.25) is 0 Å². The van der Waals surface area contributed by atoms with Gasteiger partial charge < -0.3 is 5.73 Å². The van der Waals surface area contributed by atoms with E-state index in [4.69, 9.17) is 5.73 Å². The van der Waals surface area contributed by atoms with E-state index in [1.54, 1.807) is 0 Å². The molecule has 0 spiro atoms. The molecule has 150 valence electrons. The summed E-state index contributed by atoms with van der Waals surface area (Å²) in [5.41, 5.74) is 12.1. The van der Waals surface area contributed by atoms with E-state index in [2.05, 4.69) is 92.8 Å². The fraction of sp³-hybridized carbons (Fsp3) is 0.185. The first-order valence-electron chi connectivity index (χ1n) is 9.99. The molecule has 0 radical (unpaired) electrons. The van der Waals surface area contributed by atoms with Gasteiger partial charge in [-0.1, -0.05) is 75.0 Å². The predicted molar refractivity (Wildman–Crippen MR) is 133 cm³/mol. The van der Waals surface area contributed by atoms with Gasteiger partial charge in [0.05, 0.1) is 0 Å². The number of nitrogens with two attached hydrogens (primary N) is 1. The van der Waals surface area contributed by atoms with Crippen molar-refractivity contribution in [3.8, 4) is 23.7 Å². The fourth-order valence-electron chi connectivity index (χ4n) is 3.15. The fourth-order valence-corrected chi connectivity index (χ4v) is 4.23. The van der Waals surface area contributed by atoms with Crippen LogP contribution in [0.25, 0.3) is 0 Å². The van der Waals surface area contributed by atoms with E-state index in [1.807, 2.05) is 30.3 Å². The smallest absolute Gasteiger partial charge is 0.0263 e. The van der Waals surface area contributed by atoms with E-state index >= 15 is 0 Å². The molecule has 3 rings (SSSR count). The van der Waals surface area contributed by atoms with Gasteiger partial charge in [0.15, 0.2) is 0 Å². The Balaban J connectivity index is 1.82. The van der Waals surface area contributed by atoms with Gasteiger partial charge in [-0.25, -0.2) is 0 Å². The van der Waals surface area contributed by atoms with Crippen LogP contribution in [-0.2, 0) is 12.8 Å². The second-order valence-electron chi connectivity index (χ2n) is 7.07. The summed E-state index contributed by atoms with van der Waals surface area (Å²) in [7, 11) is 0. The van der Waals surface area contributed by atoms with Gasteiger partial charge in [0.1, 0.15) is 0 Å². The van der Waals surface area contributed by atoms with E-state index in [-0.39, 0.29) is 0 Å². The molecular weight excluding hydrogens is 498 g/mol. The van der Waals surface area contributed by atoms with E-state index in [0.29, 0.717) is 6.54 Å². The molecule has 0 unspecified atom stereocenters. The Morgan fingerprint density at radius 1 is 0.667 bits per heavy atom. The van der Waals surface area contributed by atoms with Gasteiger partial charge in [0, 0.05) is 31.2 Å². The number of aryl methyl sites for hydroxylation is 1. The van der Waals surface area contributed by atoms with Crippen molar-refractivity contribution >= 4 is 31.9 Å². The van der Waals surface area contributed by atoms with Crippen LogP contribution in [-0.4, -0.2) is 6.54 Å². The van der Waals surface area contributed by atoms with Crippen molar-refractivity contribution in [2.75, 3.05) is 6.54 Å². The Labute approximate surface area is 196 Å². The number of rotatable bonds is 4. The maximum absolute atomic E-state index is 5.68. The Morgan fingerprint density at radius 2 is 1.17 bits per heavy atom. The molecule has 0 atom stereocenters. The molecule has 0 saturated carbocycles. The SMILES string of the molecule is CCCc1cc(Br)cc(C#Cc2cccc(C#Cc3cc(Br)cc(CCN)c3)c2)c1. The molecule has 0 aliphatic carbocycles. The minimum Gasteiger partial charge on any atom is -0.330 e. The lowest BCUT2D eigenvalue weighted by Crippen LogP contribution is -2.02. The van der Waals surface area contributed by atoms with Crippen molar-refractivity contribution in [1.82, 2.24) is 0 Å². The third kappa shape index (κ3) is 6.89. The zero-order valence-electron chi connectivity index (χ0n) is 16.9. The predicted octanol–water partition coefficient (Wildman–Crippen LogP) is 6.46. The monoisotopic (exact) mass is 519 g/mol. The van der Waals surface area contributed by atoms with Gasteiger partial charge in [-0.2, -0.15) is 0 Å². The lowest BCUT2D eigenvalue weighted by atomic mass is 10.1. The highest BCUT2D eigenvalue weighted by molar-refractivity contribution is 9.10. The van der Waals surface area contributed by atoms with Gasteiger partial charge in [-0.15, -0.1) is 0 Å². The van der Waals surface area contributed by atoms with Crippen molar-refractivity contribution in [3.05, 3.63) is 103 Å². The molecule has 0 amide bonds. The maximum Gasteiger partial charge on any atom is 0.0263 e. The van der Waals surface area contributed by atoms with Crippen LogP contribution in [0.5, 0.6) is 0 Å². The molecule has 3 aromatic carbocycles. The topological polar surface area (TPSA) is 26.0 Å². The van der Waals surface area contributed by atoms with Crippen molar-refractivity contribution in [1.29, 1.82) is 0 Å². The zero-order chi connectivity index (χ0) is 21.3. The van der Waals surface area contributed by atoms with E-state index in [1.165, 1.54) is 11.1 Å². The molecule has 0 bridgehead atoms. The lowest BCUT2D eigenvalue weighted by molar-refractivity contribution is 0.920. The van der Waals surface area contributed by atoms with Crippen LogP contribution in [0.3, 0.4) is 0 Å². The molecule has 0 aromatic heterocycles. The van der Waals surface area contributed by atoms with Crippen LogP contribution in [0.15, 0.2) is 69.6 Å². The molecule has 2 N–H and O–H groups in total. The third-order valence-electron chi connectivity index (χ3n) is 4.45. The summed E-state index contributed by atoms with van der Waals surface area (Å²) in [6.07, 6.45) is 3.02. The average Bonchev–Trinajstić information content (AvgIpc) is 2.71. The van der Waals surface area contributed by atoms with Crippen LogP contribution in [0, 0.1) is 23.7 Å². The minimum absolute atomic E-state index is 0.627. The van der Waals surface area contributed by atoms with E-state index in [9.17, 15) is 0 Å². The molecule has 30 heavy (non-hydrogen) atoms. The van der Waals surface area contributed by atoms with E-state index in [0.717, 1.165) is 50.5 Å². The summed E-state index contributed by atoms with van der Waals surface area (Å²) in [6, 6.07) is 20.6. The standard InChI is InChI=1S/C27H23Br2N/c1-2-4-22-14-23(17-26(28)16-22)9-7-20-5-3-6-21(13-20)8-10-24-15-25(11-12-30)19-27(29)18-24/h3,5-6,13-19H,2,4,11-12,30H2,1H3. The molecule has 0 aliphatic rings. The number of hydrogen-bond donors (Lipinski definition) is 1. The summed E-state index contributed by atoms with van der Waals surface area (Å²) >= 11 is 7.14. The van der Waals surface area contributed by atoms with Gasteiger partial charge in [-0.3, -0.25) is 0 Å². The second kappa shape index (κ2) is 11.2. The molecular formula is C27H23Br2N. The second-order valence-corrected chi connectivity index (χ2v) is 8.90. The number of halogens is 2. The van der Waals surface area contributed by atoms with Crippen LogP contribution < -0.4 is 5.73 Å².